The van der Waals surface area contributed by atoms with Gasteiger partial charge in [0.05, 0.1) is 11.1 Å². The number of para-hydroxylation sites is 1. The Labute approximate surface area is 154 Å². The molecule has 6 nitrogen and oxygen atoms in total. The number of hydrogen-bond donors (Lipinski definition) is 0. The molecule has 0 aliphatic rings. The summed E-state index contributed by atoms with van der Waals surface area (Å²) in [5.74, 6) is -0.530. The summed E-state index contributed by atoms with van der Waals surface area (Å²) in [5, 5.41) is 2.40. The largest absolute Gasteiger partial charge is 0.443 e. The molecule has 0 atom stereocenters. The average Bonchev–Trinajstić information content (AvgIpc) is 3.18. The molecule has 1 aromatic carbocycles. The highest BCUT2D eigenvalue weighted by Gasteiger charge is 2.24. The van der Waals surface area contributed by atoms with Gasteiger partial charge in [-0.05, 0) is 26.8 Å². The van der Waals surface area contributed by atoms with E-state index in [1.807, 2.05) is 0 Å². The van der Waals surface area contributed by atoms with Crippen LogP contribution >= 0.6 is 11.3 Å². The van der Waals surface area contributed by atoms with E-state index in [-0.39, 0.29) is 22.3 Å². The molecule has 134 valence electrons. The number of aromatic nitrogens is 2. The molecular formula is C19H18N2O4S. The minimum atomic E-state index is -0.654. The number of carbonyl (C=O) groups excluding carboxylic acids is 3. The molecule has 2 heterocycles. The van der Waals surface area contributed by atoms with Gasteiger partial charge in [0, 0.05) is 23.9 Å². The maximum atomic E-state index is 12.9. The van der Waals surface area contributed by atoms with Crippen LogP contribution < -0.4 is 0 Å². The van der Waals surface area contributed by atoms with Crippen LogP contribution in [-0.4, -0.2) is 32.8 Å². The Morgan fingerprint density at radius 3 is 2.46 bits per heavy atom. The van der Waals surface area contributed by atoms with E-state index in [0.29, 0.717) is 16.5 Å². The lowest BCUT2D eigenvalue weighted by atomic mass is 10.1. The molecule has 2 aromatic heterocycles. The molecule has 0 aliphatic heterocycles. The van der Waals surface area contributed by atoms with Crippen LogP contribution in [0.15, 0.2) is 35.8 Å². The molecule has 26 heavy (non-hydrogen) atoms. The zero-order valence-electron chi connectivity index (χ0n) is 14.9. The van der Waals surface area contributed by atoms with E-state index in [9.17, 15) is 14.4 Å². The average molecular weight is 370 g/mol. The lowest BCUT2D eigenvalue weighted by Gasteiger charge is -2.19. The fourth-order valence-corrected chi connectivity index (χ4v) is 3.29. The number of carbonyl (C=O) groups is 3. The third-order valence-corrected chi connectivity index (χ3v) is 4.45. The Morgan fingerprint density at radius 2 is 1.85 bits per heavy atom. The number of ketones is 2. The van der Waals surface area contributed by atoms with Crippen molar-refractivity contribution in [2.45, 2.75) is 33.3 Å². The van der Waals surface area contributed by atoms with Crippen LogP contribution in [-0.2, 0) is 4.74 Å². The summed E-state index contributed by atoms with van der Waals surface area (Å²) in [7, 11) is 0. The highest BCUT2D eigenvalue weighted by molar-refractivity contribution is 7.12. The van der Waals surface area contributed by atoms with Crippen LogP contribution in [0.1, 0.15) is 53.5 Å². The molecule has 3 aromatic rings. The predicted octanol–water partition coefficient (Wildman–Crippen LogP) is 4.31. The van der Waals surface area contributed by atoms with Gasteiger partial charge in [-0.25, -0.2) is 9.78 Å². The van der Waals surface area contributed by atoms with Gasteiger partial charge in [-0.15, -0.1) is 11.3 Å². The van der Waals surface area contributed by atoms with Crippen molar-refractivity contribution in [2.24, 2.45) is 0 Å². The second-order valence-corrected chi connectivity index (χ2v) is 7.69. The number of hydrogen-bond acceptors (Lipinski definition) is 6. The molecule has 0 amide bonds. The topological polar surface area (TPSA) is 78.3 Å². The number of thiazole rings is 1. The van der Waals surface area contributed by atoms with Gasteiger partial charge >= 0.3 is 6.09 Å². The van der Waals surface area contributed by atoms with Crippen LogP contribution in [0.5, 0.6) is 0 Å². The minimum absolute atomic E-state index is 0.198. The zero-order chi connectivity index (χ0) is 19.1. The van der Waals surface area contributed by atoms with Gasteiger partial charge in [0.2, 0.25) is 5.78 Å². The summed E-state index contributed by atoms with van der Waals surface area (Å²) < 4.78 is 6.75. The summed E-state index contributed by atoms with van der Waals surface area (Å²) in [5.41, 5.74) is 0.525. The summed E-state index contributed by atoms with van der Waals surface area (Å²) in [6.07, 6.45) is 0.909. The van der Waals surface area contributed by atoms with E-state index >= 15 is 0 Å². The van der Waals surface area contributed by atoms with Crippen molar-refractivity contribution in [1.82, 2.24) is 9.55 Å². The molecular weight excluding hydrogens is 352 g/mol. The Bertz CT molecular complexity index is 1020. The summed E-state index contributed by atoms with van der Waals surface area (Å²) >= 11 is 1.11. The number of fused-ring (bicyclic) bond motifs is 1. The second-order valence-electron chi connectivity index (χ2n) is 6.83. The van der Waals surface area contributed by atoms with E-state index in [1.54, 1.807) is 50.4 Å². The molecule has 0 saturated carbocycles. The standard InChI is InChI=1S/C19H18N2O4S/c1-11(22)14-10-26-17(20-14)16(23)13-9-21(18(24)25-19(2,3)4)15-8-6-5-7-12(13)15/h5-10H,1-4H3. The number of rotatable bonds is 3. The first-order valence-electron chi connectivity index (χ1n) is 8.02. The lowest BCUT2D eigenvalue weighted by Crippen LogP contribution is -2.26. The SMILES string of the molecule is CC(=O)c1csc(C(=O)c2cn(C(=O)OC(C)(C)C)c3ccccc23)n1. The van der Waals surface area contributed by atoms with Crippen molar-refractivity contribution in [3.05, 3.63) is 52.1 Å². The summed E-state index contributed by atoms with van der Waals surface area (Å²) in [6.45, 7) is 6.74. The van der Waals surface area contributed by atoms with Gasteiger partial charge in [0.25, 0.3) is 0 Å². The highest BCUT2D eigenvalue weighted by atomic mass is 32.1. The highest BCUT2D eigenvalue weighted by Crippen LogP contribution is 2.26. The maximum absolute atomic E-state index is 12.9. The fraction of sp³-hybridized carbons (Fsp3) is 0.263. The summed E-state index contributed by atoms with van der Waals surface area (Å²) in [4.78, 5) is 40.9. The van der Waals surface area contributed by atoms with Crippen molar-refractivity contribution in [1.29, 1.82) is 0 Å². The van der Waals surface area contributed by atoms with Crippen molar-refractivity contribution in [2.75, 3.05) is 0 Å². The zero-order valence-corrected chi connectivity index (χ0v) is 15.7. The van der Waals surface area contributed by atoms with Crippen molar-refractivity contribution in [3.8, 4) is 0 Å². The predicted molar refractivity (Wildman–Crippen MR) is 99.1 cm³/mol. The number of benzene rings is 1. The quantitative estimate of drug-likeness (QED) is 0.642. The van der Waals surface area contributed by atoms with E-state index in [1.165, 1.54) is 17.7 Å². The number of ether oxygens (including phenoxy) is 1. The maximum Gasteiger partial charge on any atom is 0.419 e. The Hall–Kier alpha value is -2.80. The van der Waals surface area contributed by atoms with Crippen LogP contribution in [0.4, 0.5) is 4.79 Å². The van der Waals surface area contributed by atoms with Crippen LogP contribution in [0.3, 0.4) is 0 Å². The van der Waals surface area contributed by atoms with E-state index in [2.05, 4.69) is 4.98 Å². The molecule has 0 spiro atoms. The molecule has 7 heteroatoms. The van der Waals surface area contributed by atoms with Gasteiger partial charge < -0.3 is 4.74 Å². The van der Waals surface area contributed by atoms with Gasteiger partial charge in [0.15, 0.2) is 10.8 Å². The van der Waals surface area contributed by atoms with E-state index in [0.717, 1.165) is 11.3 Å². The molecule has 0 unspecified atom stereocenters. The van der Waals surface area contributed by atoms with Crippen molar-refractivity contribution in [3.63, 3.8) is 0 Å². The van der Waals surface area contributed by atoms with Gasteiger partial charge in [0.1, 0.15) is 11.3 Å². The van der Waals surface area contributed by atoms with Crippen LogP contribution in [0.2, 0.25) is 0 Å². The van der Waals surface area contributed by atoms with Gasteiger partial charge in [-0.1, -0.05) is 18.2 Å². The molecule has 0 aliphatic carbocycles. The van der Waals surface area contributed by atoms with Gasteiger partial charge in [-0.2, -0.15) is 0 Å². The lowest BCUT2D eigenvalue weighted by molar-refractivity contribution is 0.0544. The Balaban J connectivity index is 2.07. The van der Waals surface area contributed by atoms with Crippen LogP contribution in [0.25, 0.3) is 10.9 Å². The van der Waals surface area contributed by atoms with Crippen molar-refractivity contribution >= 4 is 39.9 Å². The first-order valence-corrected chi connectivity index (χ1v) is 8.90. The first-order chi connectivity index (χ1) is 12.2. The Kier molecular flexibility index (Phi) is 4.50. The fourth-order valence-electron chi connectivity index (χ4n) is 2.48. The third-order valence-electron chi connectivity index (χ3n) is 3.61. The Morgan fingerprint density at radius 1 is 1.15 bits per heavy atom. The molecule has 0 N–H and O–H groups in total. The molecule has 0 bridgehead atoms. The first kappa shape index (κ1) is 18.0. The number of Topliss-reactive ketones (excluding diaryl/α,β-unsaturated/α-hetero) is 1. The van der Waals surface area contributed by atoms with E-state index in [4.69, 9.17) is 4.74 Å². The smallest absolute Gasteiger partial charge is 0.419 e. The molecule has 0 saturated heterocycles. The van der Waals surface area contributed by atoms with E-state index < -0.39 is 11.7 Å². The summed E-state index contributed by atoms with van der Waals surface area (Å²) in [6, 6.07) is 7.10. The van der Waals surface area contributed by atoms with Crippen molar-refractivity contribution < 1.29 is 19.1 Å². The molecule has 3 rings (SSSR count). The third kappa shape index (κ3) is 3.43. The van der Waals surface area contributed by atoms with Gasteiger partial charge in [-0.3, -0.25) is 14.2 Å². The minimum Gasteiger partial charge on any atom is -0.443 e. The van der Waals surface area contributed by atoms with Crippen LogP contribution in [0, 0.1) is 0 Å². The molecule has 0 fully saturated rings. The monoisotopic (exact) mass is 370 g/mol. The second kappa shape index (κ2) is 6.49. The normalized spacial score (nSPS) is 11.5. The number of nitrogens with zero attached hydrogens (tertiary/aromatic N) is 2. The molecule has 0 radical (unpaired) electrons.